The molecule has 0 heterocycles. The van der Waals surface area contributed by atoms with Crippen LogP contribution < -0.4 is 9.21 Å². The molecule has 0 amide bonds. The molecule has 1 N–H and O–H groups in total. The van der Waals surface area contributed by atoms with Crippen LogP contribution in [0.25, 0.3) is 10.8 Å². The summed E-state index contributed by atoms with van der Waals surface area (Å²) in [6.07, 6.45) is 0. The summed E-state index contributed by atoms with van der Waals surface area (Å²) < 4.78 is 27.6. The lowest BCUT2D eigenvalue weighted by molar-refractivity contribution is 0.0697. The summed E-state index contributed by atoms with van der Waals surface area (Å²) in [4.78, 5) is 13.1. The monoisotopic (exact) mass is 384 g/mol. The molecule has 0 spiro atoms. The van der Waals surface area contributed by atoms with E-state index in [1.807, 2.05) is 37.2 Å². The van der Waals surface area contributed by atoms with E-state index in [0.717, 1.165) is 15.4 Å². The van der Waals surface area contributed by atoms with Crippen molar-refractivity contribution in [1.29, 1.82) is 0 Å². The Morgan fingerprint density at radius 3 is 2.04 bits per heavy atom. The van der Waals surface area contributed by atoms with Gasteiger partial charge in [-0.2, -0.15) is 0 Å². The van der Waals surface area contributed by atoms with E-state index in [0.29, 0.717) is 11.1 Å². The first-order valence-corrected chi connectivity index (χ1v) is 9.69. The van der Waals surface area contributed by atoms with Gasteiger partial charge in [0, 0.05) is 37.6 Å². The zero-order chi connectivity index (χ0) is 19.8. The van der Waals surface area contributed by atoms with Gasteiger partial charge in [0.25, 0.3) is 10.0 Å². The number of nitrogens with zero attached hydrogens (tertiary/aromatic N) is 2. The van der Waals surface area contributed by atoms with Crippen LogP contribution in [0.3, 0.4) is 0 Å². The van der Waals surface area contributed by atoms with Crippen LogP contribution in [0, 0.1) is 0 Å². The summed E-state index contributed by atoms with van der Waals surface area (Å²) in [5, 5.41) is 10.5. The number of carboxylic acids is 1. The van der Waals surface area contributed by atoms with Gasteiger partial charge < -0.3 is 10.0 Å². The fraction of sp³-hybridized carbons (Fsp3) is 0.150. The largest absolute Gasteiger partial charge is 0.478 e. The van der Waals surface area contributed by atoms with E-state index in [9.17, 15) is 13.2 Å². The second-order valence-corrected chi connectivity index (χ2v) is 8.29. The number of rotatable bonds is 5. The smallest absolute Gasteiger partial charge is 0.335 e. The highest BCUT2D eigenvalue weighted by molar-refractivity contribution is 7.93. The first-order chi connectivity index (χ1) is 12.7. The molecule has 140 valence electrons. The molecule has 0 aromatic heterocycles. The maximum absolute atomic E-state index is 13.2. The molecule has 3 aromatic carbocycles. The highest BCUT2D eigenvalue weighted by atomic mass is 32.2. The Balaban J connectivity index is 2.12. The van der Waals surface area contributed by atoms with Crippen molar-refractivity contribution in [2.45, 2.75) is 4.90 Å². The average molecular weight is 384 g/mol. The normalized spacial score (nSPS) is 11.4. The summed E-state index contributed by atoms with van der Waals surface area (Å²) >= 11 is 0. The number of carboxylic acid groups (broad SMARTS) is 1. The lowest BCUT2D eigenvalue weighted by Gasteiger charge is -2.22. The predicted molar refractivity (Wildman–Crippen MR) is 107 cm³/mol. The van der Waals surface area contributed by atoms with Gasteiger partial charge in [-0.05, 0) is 36.4 Å². The molecule has 0 aliphatic carbocycles. The second-order valence-electron chi connectivity index (χ2n) is 6.35. The van der Waals surface area contributed by atoms with E-state index in [4.69, 9.17) is 5.11 Å². The summed E-state index contributed by atoms with van der Waals surface area (Å²) in [6.45, 7) is 0. The zero-order valence-electron chi connectivity index (χ0n) is 15.2. The Labute approximate surface area is 158 Å². The molecule has 0 fully saturated rings. The molecule has 0 radical (unpaired) electrons. The van der Waals surface area contributed by atoms with Crippen LogP contribution in [0.2, 0.25) is 0 Å². The molecule has 0 saturated carbocycles. The van der Waals surface area contributed by atoms with Crippen molar-refractivity contribution < 1.29 is 18.3 Å². The third-order valence-corrected chi connectivity index (χ3v) is 6.30. The topological polar surface area (TPSA) is 77.9 Å². The number of fused-ring (bicyclic) bond motifs is 1. The fourth-order valence-electron chi connectivity index (χ4n) is 2.98. The highest BCUT2D eigenvalue weighted by Crippen LogP contribution is 2.32. The quantitative estimate of drug-likeness (QED) is 0.729. The molecule has 6 nitrogen and oxygen atoms in total. The van der Waals surface area contributed by atoms with E-state index in [2.05, 4.69) is 0 Å². The van der Waals surface area contributed by atoms with Crippen molar-refractivity contribution in [3.05, 3.63) is 66.2 Å². The molecule has 0 aliphatic rings. The Hall–Kier alpha value is -3.06. The zero-order valence-corrected chi connectivity index (χ0v) is 16.1. The number of benzene rings is 3. The van der Waals surface area contributed by atoms with Crippen LogP contribution in [-0.4, -0.2) is 40.6 Å². The van der Waals surface area contributed by atoms with Gasteiger partial charge in [0.1, 0.15) is 0 Å². The van der Waals surface area contributed by atoms with Crippen LogP contribution in [0.1, 0.15) is 10.4 Å². The molecular weight excluding hydrogens is 364 g/mol. The predicted octanol–water partition coefficient (Wildman–Crippen LogP) is 3.43. The summed E-state index contributed by atoms with van der Waals surface area (Å²) in [6, 6.07) is 16.5. The van der Waals surface area contributed by atoms with Crippen LogP contribution in [-0.2, 0) is 10.0 Å². The lowest BCUT2D eigenvalue weighted by atomic mass is 10.1. The van der Waals surface area contributed by atoms with Gasteiger partial charge >= 0.3 is 5.97 Å². The molecular formula is C20H20N2O4S. The van der Waals surface area contributed by atoms with E-state index in [-0.39, 0.29) is 10.5 Å². The van der Waals surface area contributed by atoms with Crippen LogP contribution in [0.5, 0.6) is 0 Å². The first kappa shape index (κ1) is 18.7. The van der Waals surface area contributed by atoms with Gasteiger partial charge in [-0.3, -0.25) is 4.31 Å². The number of aromatic carboxylic acids is 1. The number of anilines is 2. The molecule has 3 rings (SSSR count). The van der Waals surface area contributed by atoms with E-state index in [1.54, 1.807) is 18.2 Å². The van der Waals surface area contributed by atoms with Crippen LogP contribution >= 0.6 is 0 Å². The van der Waals surface area contributed by atoms with Crippen molar-refractivity contribution in [2.75, 3.05) is 30.3 Å². The molecule has 0 aliphatic heterocycles. The standard InChI is InChI=1S/C20H20N2O4S/c1-21(2)18-8-4-7-17-16(18)6-5-9-19(17)27(25,26)22(3)15-12-10-14(11-13-15)20(23)24/h4-13H,1-3H3,(H,23,24). The number of sulfonamides is 1. The molecule has 0 bridgehead atoms. The maximum atomic E-state index is 13.2. The number of hydrogen-bond donors (Lipinski definition) is 1. The van der Waals surface area contributed by atoms with Crippen LogP contribution in [0.4, 0.5) is 11.4 Å². The minimum absolute atomic E-state index is 0.102. The van der Waals surface area contributed by atoms with Gasteiger partial charge in [-0.25, -0.2) is 13.2 Å². The fourth-order valence-corrected chi connectivity index (χ4v) is 4.38. The number of hydrogen-bond acceptors (Lipinski definition) is 4. The summed E-state index contributed by atoms with van der Waals surface area (Å²) in [5.74, 6) is -1.06. The van der Waals surface area contributed by atoms with Crippen molar-refractivity contribution in [1.82, 2.24) is 0 Å². The van der Waals surface area contributed by atoms with E-state index in [1.165, 1.54) is 31.3 Å². The molecule has 7 heteroatoms. The minimum atomic E-state index is -3.83. The third kappa shape index (κ3) is 3.33. The molecule has 0 saturated heterocycles. The highest BCUT2D eigenvalue weighted by Gasteiger charge is 2.24. The maximum Gasteiger partial charge on any atom is 0.335 e. The van der Waals surface area contributed by atoms with Gasteiger partial charge in [0.2, 0.25) is 0 Å². The molecule has 3 aromatic rings. The lowest BCUT2D eigenvalue weighted by Crippen LogP contribution is -2.26. The van der Waals surface area contributed by atoms with Gasteiger partial charge in [0.15, 0.2) is 0 Å². The van der Waals surface area contributed by atoms with Crippen LogP contribution in [0.15, 0.2) is 65.6 Å². The Bertz CT molecular complexity index is 1110. The van der Waals surface area contributed by atoms with Crippen molar-refractivity contribution in [2.24, 2.45) is 0 Å². The third-order valence-electron chi connectivity index (χ3n) is 4.46. The van der Waals surface area contributed by atoms with Crippen molar-refractivity contribution in [3.8, 4) is 0 Å². The summed E-state index contributed by atoms with van der Waals surface area (Å²) in [5.41, 5.74) is 1.42. The van der Waals surface area contributed by atoms with Gasteiger partial charge in [-0.1, -0.05) is 24.3 Å². The summed E-state index contributed by atoms with van der Waals surface area (Å²) in [7, 11) is 1.45. The Kier molecular flexibility index (Phi) is 4.80. The molecule has 27 heavy (non-hydrogen) atoms. The second kappa shape index (κ2) is 6.92. The molecule has 0 atom stereocenters. The first-order valence-electron chi connectivity index (χ1n) is 8.25. The Morgan fingerprint density at radius 1 is 0.852 bits per heavy atom. The average Bonchev–Trinajstić information content (AvgIpc) is 2.66. The van der Waals surface area contributed by atoms with E-state index < -0.39 is 16.0 Å². The van der Waals surface area contributed by atoms with Crippen molar-refractivity contribution in [3.63, 3.8) is 0 Å². The van der Waals surface area contributed by atoms with Crippen molar-refractivity contribution >= 4 is 38.1 Å². The number of carbonyl (C=O) groups is 1. The van der Waals surface area contributed by atoms with Gasteiger partial charge in [0.05, 0.1) is 16.1 Å². The van der Waals surface area contributed by atoms with E-state index >= 15 is 0 Å². The minimum Gasteiger partial charge on any atom is -0.478 e. The van der Waals surface area contributed by atoms with Gasteiger partial charge in [-0.15, -0.1) is 0 Å². The Morgan fingerprint density at radius 2 is 1.44 bits per heavy atom. The SMILES string of the molecule is CN(C)c1cccc2c(S(=O)(=O)N(C)c3ccc(C(=O)O)cc3)cccc12. The molecule has 0 unspecified atom stereocenters.